The van der Waals surface area contributed by atoms with Gasteiger partial charge >= 0.3 is 6.03 Å². The van der Waals surface area contributed by atoms with Crippen molar-refractivity contribution in [3.63, 3.8) is 0 Å². The van der Waals surface area contributed by atoms with E-state index in [1.165, 1.54) is 25.7 Å². The number of hydrogen-bond donors (Lipinski definition) is 1. The average Bonchev–Trinajstić information content (AvgIpc) is 2.68. The summed E-state index contributed by atoms with van der Waals surface area (Å²) in [6, 6.07) is 0.650. The van der Waals surface area contributed by atoms with E-state index in [1.807, 2.05) is 4.90 Å². The van der Waals surface area contributed by atoms with Gasteiger partial charge in [0.25, 0.3) is 0 Å². The second kappa shape index (κ2) is 3.56. The molecule has 3 nitrogen and oxygen atoms in total. The zero-order valence-electron chi connectivity index (χ0n) is 8.25. The summed E-state index contributed by atoms with van der Waals surface area (Å²) in [5, 5.41) is 3.08. The molecule has 2 fully saturated rings. The number of nitrogens with zero attached hydrogens (tertiary/aromatic N) is 1. The van der Waals surface area contributed by atoms with Gasteiger partial charge in [-0.15, -0.1) is 0 Å². The maximum atomic E-state index is 11.6. The van der Waals surface area contributed by atoms with Crippen LogP contribution < -0.4 is 5.32 Å². The van der Waals surface area contributed by atoms with Crippen molar-refractivity contribution in [3.8, 4) is 0 Å². The molecule has 0 radical (unpaired) electrons. The van der Waals surface area contributed by atoms with Gasteiger partial charge in [-0.3, -0.25) is 0 Å². The van der Waals surface area contributed by atoms with E-state index in [0.717, 1.165) is 19.0 Å². The summed E-state index contributed by atoms with van der Waals surface area (Å²) in [5.41, 5.74) is 0. The second-order valence-corrected chi connectivity index (χ2v) is 4.15. The Morgan fingerprint density at radius 3 is 2.69 bits per heavy atom. The van der Waals surface area contributed by atoms with Gasteiger partial charge in [-0.25, -0.2) is 4.79 Å². The molecule has 1 saturated heterocycles. The van der Waals surface area contributed by atoms with Gasteiger partial charge in [0, 0.05) is 19.1 Å². The maximum Gasteiger partial charge on any atom is 0.317 e. The molecule has 74 valence electrons. The Kier molecular flexibility index (Phi) is 2.42. The van der Waals surface area contributed by atoms with Crippen LogP contribution in [0.4, 0.5) is 4.79 Å². The normalized spacial score (nSPS) is 31.9. The zero-order chi connectivity index (χ0) is 9.26. The van der Waals surface area contributed by atoms with Crippen molar-refractivity contribution in [1.29, 1.82) is 0 Å². The summed E-state index contributed by atoms with van der Waals surface area (Å²) in [5.74, 6) is 0.756. The molecule has 1 heterocycles. The molecule has 0 unspecified atom stereocenters. The molecule has 0 aromatic carbocycles. The van der Waals surface area contributed by atoms with Crippen molar-refractivity contribution in [1.82, 2.24) is 10.2 Å². The predicted molar refractivity (Wildman–Crippen MR) is 51.5 cm³/mol. The molecular weight excluding hydrogens is 164 g/mol. The van der Waals surface area contributed by atoms with Crippen molar-refractivity contribution in [2.75, 3.05) is 13.1 Å². The van der Waals surface area contributed by atoms with Crippen molar-refractivity contribution in [2.45, 2.75) is 38.6 Å². The summed E-state index contributed by atoms with van der Waals surface area (Å²) in [6.45, 7) is 4.09. The summed E-state index contributed by atoms with van der Waals surface area (Å²) >= 11 is 0. The highest BCUT2D eigenvalue weighted by molar-refractivity contribution is 5.75. The van der Waals surface area contributed by atoms with Crippen LogP contribution in [0.2, 0.25) is 0 Å². The average molecular weight is 182 g/mol. The Morgan fingerprint density at radius 2 is 2.15 bits per heavy atom. The molecule has 2 amide bonds. The van der Waals surface area contributed by atoms with Gasteiger partial charge in [0.05, 0.1) is 0 Å². The van der Waals surface area contributed by atoms with Crippen molar-refractivity contribution in [2.24, 2.45) is 5.92 Å². The fourth-order valence-electron chi connectivity index (χ4n) is 2.05. The van der Waals surface area contributed by atoms with E-state index >= 15 is 0 Å². The fourth-order valence-corrected chi connectivity index (χ4v) is 2.05. The van der Waals surface area contributed by atoms with E-state index in [4.69, 9.17) is 0 Å². The molecular formula is C10H18N2O. The third-order valence-corrected chi connectivity index (χ3v) is 3.15. The van der Waals surface area contributed by atoms with E-state index in [2.05, 4.69) is 12.2 Å². The molecule has 1 N–H and O–H groups in total. The van der Waals surface area contributed by atoms with Crippen molar-refractivity contribution in [3.05, 3.63) is 0 Å². The summed E-state index contributed by atoms with van der Waals surface area (Å²) in [6.07, 6.45) is 4.74. The molecule has 3 heteroatoms. The van der Waals surface area contributed by atoms with Crippen LogP contribution in [0.25, 0.3) is 0 Å². The minimum absolute atomic E-state index is 0.165. The highest BCUT2D eigenvalue weighted by Gasteiger charge is 2.37. The number of likely N-dealkylation sites (tertiary alicyclic amines) is 1. The minimum atomic E-state index is 0.165. The SMILES string of the molecule is CC[C@@H]1C[C@H]1NC(=O)N1CCCC1. The first kappa shape index (κ1) is 8.85. The lowest BCUT2D eigenvalue weighted by atomic mass is 10.3. The smallest absolute Gasteiger partial charge is 0.317 e. The molecule has 0 aromatic rings. The molecule has 1 aliphatic carbocycles. The second-order valence-electron chi connectivity index (χ2n) is 4.15. The number of carbonyl (C=O) groups is 1. The van der Waals surface area contributed by atoms with Gasteiger partial charge in [0.2, 0.25) is 0 Å². The standard InChI is InChI=1S/C10H18N2O/c1-2-8-7-9(8)11-10(13)12-5-3-4-6-12/h8-9H,2-7H2,1H3,(H,11,13)/t8-,9-/m1/s1. The van der Waals surface area contributed by atoms with Crippen LogP contribution in [-0.4, -0.2) is 30.1 Å². The van der Waals surface area contributed by atoms with Gasteiger partial charge in [0.1, 0.15) is 0 Å². The van der Waals surface area contributed by atoms with Gasteiger partial charge in [-0.2, -0.15) is 0 Å². The number of carbonyl (C=O) groups excluding carboxylic acids is 1. The molecule has 0 aromatic heterocycles. The third kappa shape index (κ3) is 1.95. The molecule has 2 rings (SSSR count). The first-order chi connectivity index (χ1) is 6.31. The molecule has 2 aliphatic rings. The number of nitrogens with one attached hydrogen (secondary N) is 1. The first-order valence-corrected chi connectivity index (χ1v) is 5.36. The van der Waals surface area contributed by atoms with Crippen molar-refractivity contribution >= 4 is 6.03 Å². The van der Waals surface area contributed by atoms with Crippen LogP contribution in [0.5, 0.6) is 0 Å². The van der Waals surface area contributed by atoms with E-state index in [9.17, 15) is 4.79 Å². The fraction of sp³-hybridized carbons (Fsp3) is 0.900. The summed E-state index contributed by atoms with van der Waals surface area (Å²) in [7, 11) is 0. The Labute approximate surface area is 79.5 Å². The Bertz CT molecular complexity index is 199. The van der Waals surface area contributed by atoms with Crippen molar-refractivity contribution < 1.29 is 4.79 Å². The largest absolute Gasteiger partial charge is 0.335 e. The lowest BCUT2D eigenvalue weighted by Gasteiger charge is -2.15. The lowest BCUT2D eigenvalue weighted by molar-refractivity contribution is 0.208. The number of amides is 2. The van der Waals surface area contributed by atoms with Gasteiger partial charge in [-0.1, -0.05) is 13.3 Å². The number of rotatable bonds is 2. The van der Waals surface area contributed by atoms with Crippen LogP contribution >= 0.6 is 0 Å². The maximum absolute atomic E-state index is 11.6. The summed E-state index contributed by atoms with van der Waals surface area (Å²) in [4.78, 5) is 13.5. The van der Waals surface area contributed by atoms with Gasteiger partial charge < -0.3 is 10.2 Å². The molecule has 13 heavy (non-hydrogen) atoms. The zero-order valence-corrected chi connectivity index (χ0v) is 8.25. The Balaban J connectivity index is 1.72. The van der Waals surface area contributed by atoms with Crippen LogP contribution in [0.1, 0.15) is 32.6 Å². The topological polar surface area (TPSA) is 32.3 Å². The molecule has 2 atom stereocenters. The molecule has 0 spiro atoms. The van der Waals surface area contributed by atoms with Crippen LogP contribution in [0.3, 0.4) is 0 Å². The minimum Gasteiger partial charge on any atom is -0.335 e. The third-order valence-electron chi connectivity index (χ3n) is 3.15. The van der Waals surface area contributed by atoms with E-state index in [-0.39, 0.29) is 6.03 Å². The number of hydrogen-bond acceptors (Lipinski definition) is 1. The number of urea groups is 1. The van der Waals surface area contributed by atoms with E-state index in [1.54, 1.807) is 0 Å². The molecule has 0 bridgehead atoms. The van der Waals surface area contributed by atoms with E-state index < -0.39 is 0 Å². The van der Waals surface area contributed by atoms with Crippen LogP contribution in [0, 0.1) is 5.92 Å². The highest BCUT2D eigenvalue weighted by atomic mass is 16.2. The van der Waals surface area contributed by atoms with Crippen LogP contribution in [0.15, 0.2) is 0 Å². The molecule has 1 aliphatic heterocycles. The monoisotopic (exact) mass is 182 g/mol. The Morgan fingerprint density at radius 1 is 1.46 bits per heavy atom. The molecule has 1 saturated carbocycles. The van der Waals surface area contributed by atoms with E-state index in [0.29, 0.717) is 6.04 Å². The predicted octanol–water partition coefficient (Wildman–Crippen LogP) is 1.59. The Hall–Kier alpha value is -0.730. The first-order valence-electron chi connectivity index (χ1n) is 5.36. The highest BCUT2D eigenvalue weighted by Crippen LogP contribution is 2.33. The van der Waals surface area contributed by atoms with Gasteiger partial charge in [0.15, 0.2) is 0 Å². The van der Waals surface area contributed by atoms with Crippen LogP contribution in [-0.2, 0) is 0 Å². The lowest BCUT2D eigenvalue weighted by Crippen LogP contribution is -2.39. The van der Waals surface area contributed by atoms with Gasteiger partial charge in [-0.05, 0) is 25.2 Å². The quantitative estimate of drug-likeness (QED) is 0.691. The summed E-state index contributed by atoms with van der Waals surface area (Å²) < 4.78 is 0.